The predicted octanol–water partition coefficient (Wildman–Crippen LogP) is 4.17. The van der Waals surface area contributed by atoms with E-state index in [9.17, 15) is 4.39 Å². The van der Waals surface area contributed by atoms with Crippen molar-refractivity contribution in [1.29, 1.82) is 0 Å². The van der Waals surface area contributed by atoms with Crippen molar-refractivity contribution >= 4 is 27.3 Å². The standard InChI is InChI=1S/C13H11BrFNOS/c14-9-3-4-18-13(9)12-6-10(16)8-2-1-7(15)5-11(8)17-12/h1-5,10,12H,6,16H2/t10-,12?/m1/s1. The molecule has 0 fully saturated rings. The Bertz CT molecular complexity index is 586. The summed E-state index contributed by atoms with van der Waals surface area (Å²) in [6.45, 7) is 0. The first-order chi connectivity index (χ1) is 8.65. The van der Waals surface area contributed by atoms with Crippen LogP contribution in [0.1, 0.15) is 29.0 Å². The van der Waals surface area contributed by atoms with E-state index < -0.39 is 0 Å². The molecule has 2 N–H and O–H groups in total. The van der Waals surface area contributed by atoms with Gasteiger partial charge >= 0.3 is 0 Å². The van der Waals surface area contributed by atoms with Crippen LogP contribution in [0.4, 0.5) is 4.39 Å². The Balaban J connectivity index is 1.98. The summed E-state index contributed by atoms with van der Waals surface area (Å²) in [6, 6.07) is 6.39. The number of fused-ring (bicyclic) bond motifs is 1. The number of hydrogen-bond acceptors (Lipinski definition) is 3. The Labute approximate surface area is 117 Å². The Hall–Kier alpha value is -0.910. The van der Waals surface area contributed by atoms with Gasteiger partial charge in [0.05, 0.1) is 4.88 Å². The van der Waals surface area contributed by atoms with Crippen LogP contribution in [0.5, 0.6) is 5.75 Å². The summed E-state index contributed by atoms with van der Waals surface area (Å²) in [6.07, 6.45) is 0.598. The van der Waals surface area contributed by atoms with Crippen molar-refractivity contribution in [2.24, 2.45) is 5.73 Å². The zero-order valence-electron chi connectivity index (χ0n) is 9.40. The molecule has 2 atom stereocenters. The summed E-state index contributed by atoms with van der Waals surface area (Å²) in [5.74, 6) is 0.255. The lowest BCUT2D eigenvalue weighted by atomic mass is 9.96. The molecule has 2 aromatic rings. The highest BCUT2D eigenvalue weighted by molar-refractivity contribution is 9.10. The van der Waals surface area contributed by atoms with Gasteiger partial charge in [-0.05, 0) is 33.4 Å². The monoisotopic (exact) mass is 327 g/mol. The van der Waals surface area contributed by atoms with Crippen LogP contribution >= 0.6 is 27.3 Å². The third-order valence-electron chi connectivity index (χ3n) is 3.05. The van der Waals surface area contributed by atoms with Gasteiger partial charge < -0.3 is 10.5 Å². The zero-order valence-corrected chi connectivity index (χ0v) is 11.8. The quantitative estimate of drug-likeness (QED) is 0.853. The molecule has 0 saturated heterocycles. The number of thiophene rings is 1. The van der Waals surface area contributed by atoms with Crippen LogP contribution in [0, 0.1) is 5.82 Å². The van der Waals surface area contributed by atoms with Crippen molar-refractivity contribution in [1.82, 2.24) is 0 Å². The molecule has 1 aliphatic rings. The molecular weight excluding hydrogens is 317 g/mol. The van der Waals surface area contributed by atoms with Gasteiger partial charge in [-0.15, -0.1) is 11.3 Å². The maximum atomic E-state index is 13.2. The first-order valence-electron chi connectivity index (χ1n) is 5.59. The van der Waals surface area contributed by atoms with Gasteiger partial charge in [-0.25, -0.2) is 4.39 Å². The third-order valence-corrected chi connectivity index (χ3v) is 5.01. The van der Waals surface area contributed by atoms with Gasteiger partial charge in [0.25, 0.3) is 0 Å². The van der Waals surface area contributed by atoms with Crippen molar-refractivity contribution in [3.63, 3.8) is 0 Å². The zero-order chi connectivity index (χ0) is 12.7. The molecule has 2 nitrogen and oxygen atoms in total. The van der Waals surface area contributed by atoms with E-state index in [1.54, 1.807) is 17.4 Å². The second kappa shape index (κ2) is 4.64. The van der Waals surface area contributed by atoms with Gasteiger partial charge in [0, 0.05) is 28.6 Å². The summed E-state index contributed by atoms with van der Waals surface area (Å²) < 4.78 is 20.1. The Morgan fingerprint density at radius 2 is 2.22 bits per heavy atom. The Morgan fingerprint density at radius 1 is 1.39 bits per heavy atom. The largest absolute Gasteiger partial charge is 0.484 e. The molecule has 1 aromatic heterocycles. The van der Waals surface area contributed by atoms with E-state index in [0.29, 0.717) is 12.2 Å². The first-order valence-corrected chi connectivity index (χ1v) is 7.27. The fraction of sp³-hybridized carbons (Fsp3) is 0.231. The molecule has 1 aliphatic heterocycles. The molecule has 1 aromatic carbocycles. The summed E-state index contributed by atoms with van der Waals surface area (Å²) in [5.41, 5.74) is 7.01. The van der Waals surface area contributed by atoms with E-state index in [-0.39, 0.29) is 18.0 Å². The molecule has 0 amide bonds. The molecule has 0 saturated carbocycles. The van der Waals surface area contributed by atoms with Crippen LogP contribution in [0.15, 0.2) is 34.1 Å². The van der Waals surface area contributed by atoms with Gasteiger partial charge in [-0.3, -0.25) is 0 Å². The van der Waals surface area contributed by atoms with Crippen LogP contribution < -0.4 is 10.5 Å². The molecule has 0 radical (unpaired) electrons. The molecule has 0 bridgehead atoms. The number of hydrogen-bond donors (Lipinski definition) is 1. The van der Waals surface area contributed by atoms with E-state index in [0.717, 1.165) is 14.9 Å². The molecule has 0 spiro atoms. The van der Waals surface area contributed by atoms with Crippen LogP contribution in [0.25, 0.3) is 0 Å². The van der Waals surface area contributed by atoms with Crippen LogP contribution in [-0.2, 0) is 0 Å². The summed E-state index contributed by atoms with van der Waals surface area (Å²) >= 11 is 5.11. The second-order valence-corrected chi connectivity index (χ2v) is 6.07. The summed E-state index contributed by atoms with van der Waals surface area (Å²) in [4.78, 5) is 1.10. The molecule has 94 valence electrons. The number of benzene rings is 1. The van der Waals surface area contributed by atoms with E-state index in [1.807, 2.05) is 11.4 Å². The minimum absolute atomic E-state index is 0.108. The lowest BCUT2D eigenvalue weighted by Crippen LogP contribution is -2.23. The second-order valence-electron chi connectivity index (χ2n) is 4.26. The maximum absolute atomic E-state index is 13.2. The highest BCUT2D eigenvalue weighted by Gasteiger charge is 2.29. The first kappa shape index (κ1) is 12.1. The normalized spacial score (nSPS) is 22.4. The molecular formula is C13H11BrFNOS. The number of rotatable bonds is 1. The van der Waals surface area contributed by atoms with Gasteiger partial charge in [0.15, 0.2) is 0 Å². The van der Waals surface area contributed by atoms with E-state index in [2.05, 4.69) is 15.9 Å². The fourth-order valence-corrected chi connectivity index (χ4v) is 3.84. The van der Waals surface area contributed by atoms with E-state index >= 15 is 0 Å². The minimum Gasteiger partial charge on any atom is -0.484 e. The number of ether oxygens (including phenoxy) is 1. The Morgan fingerprint density at radius 3 is 2.94 bits per heavy atom. The van der Waals surface area contributed by atoms with Gasteiger partial charge in [0.1, 0.15) is 17.7 Å². The van der Waals surface area contributed by atoms with Crippen molar-refractivity contribution in [3.05, 3.63) is 50.4 Å². The Kier molecular flexibility index (Phi) is 3.13. The molecule has 3 rings (SSSR count). The smallest absolute Gasteiger partial charge is 0.136 e. The average molecular weight is 328 g/mol. The van der Waals surface area contributed by atoms with Gasteiger partial charge in [-0.2, -0.15) is 0 Å². The number of halogens is 2. The van der Waals surface area contributed by atoms with E-state index in [4.69, 9.17) is 10.5 Å². The summed E-state index contributed by atoms with van der Waals surface area (Å²) in [7, 11) is 0. The predicted molar refractivity (Wildman–Crippen MR) is 73.3 cm³/mol. The lowest BCUT2D eigenvalue weighted by molar-refractivity contribution is 0.163. The molecule has 0 aliphatic carbocycles. The fourth-order valence-electron chi connectivity index (χ4n) is 2.17. The van der Waals surface area contributed by atoms with Crippen molar-refractivity contribution < 1.29 is 9.13 Å². The third kappa shape index (κ3) is 2.06. The summed E-state index contributed by atoms with van der Waals surface area (Å²) in [5, 5.41) is 2.00. The van der Waals surface area contributed by atoms with Crippen molar-refractivity contribution in [2.75, 3.05) is 0 Å². The molecule has 2 heterocycles. The van der Waals surface area contributed by atoms with Crippen LogP contribution in [-0.4, -0.2) is 0 Å². The lowest BCUT2D eigenvalue weighted by Gasteiger charge is -2.30. The van der Waals surface area contributed by atoms with Gasteiger partial charge in [-0.1, -0.05) is 6.07 Å². The van der Waals surface area contributed by atoms with Crippen molar-refractivity contribution in [3.8, 4) is 5.75 Å². The SMILES string of the molecule is N[C@@H]1CC(c2sccc2Br)Oc2cc(F)ccc21. The minimum atomic E-state index is -0.299. The highest BCUT2D eigenvalue weighted by atomic mass is 79.9. The molecule has 5 heteroatoms. The maximum Gasteiger partial charge on any atom is 0.136 e. The van der Waals surface area contributed by atoms with E-state index in [1.165, 1.54) is 12.1 Å². The average Bonchev–Trinajstić information content (AvgIpc) is 2.74. The van der Waals surface area contributed by atoms with Crippen LogP contribution in [0.3, 0.4) is 0 Å². The topological polar surface area (TPSA) is 35.2 Å². The highest BCUT2D eigenvalue weighted by Crippen LogP contribution is 2.43. The van der Waals surface area contributed by atoms with Crippen LogP contribution in [0.2, 0.25) is 0 Å². The number of nitrogens with two attached hydrogens (primary N) is 1. The molecule has 18 heavy (non-hydrogen) atoms. The molecule has 1 unspecified atom stereocenters. The van der Waals surface area contributed by atoms with Crippen molar-refractivity contribution in [2.45, 2.75) is 18.6 Å². The van der Waals surface area contributed by atoms with Gasteiger partial charge in [0.2, 0.25) is 0 Å².